The normalized spacial score (nSPS) is 10.5. The Bertz CT molecular complexity index is 546. The maximum atomic E-state index is 3.50. The van der Waals surface area contributed by atoms with Crippen LogP contribution in [0.2, 0.25) is 0 Å². The molecule has 2 rings (SSSR count). The summed E-state index contributed by atoms with van der Waals surface area (Å²) in [7, 11) is 4.13. The van der Waals surface area contributed by atoms with Gasteiger partial charge in [0.05, 0.1) is 10.9 Å². The molecule has 4 heteroatoms. The highest BCUT2D eigenvalue weighted by Gasteiger charge is 2.03. The highest BCUT2D eigenvalue weighted by atomic mass is 79.9. The molecule has 2 aromatic carbocycles. The lowest BCUT2D eigenvalue weighted by molar-refractivity contribution is 1.08. The van der Waals surface area contributed by atoms with E-state index in [2.05, 4.69) is 104 Å². The van der Waals surface area contributed by atoms with Gasteiger partial charge < -0.3 is 9.80 Å². The molecule has 2 nitrogen and oxygen atoms in total. The van der Waals surface area contributed by atoms with E-state index in [0.717, 1.165) is 17.3 Å². The van der Waals surface area contributed by atoms with Crippen LogP contribution >= 0.6 is 31.9 Å². The zero-order valence-electron chi connectivity index (χ0n) is 12.4. The van der Waals surface area contributed by atoms with Crippen LogP contribution in [0.4, 0.5) is 11.4 Å². The van der Waals surface area contributed by atoms with Crippen LogP contribution in [-0.4, -0.2) is 25.0 Å². The topological polar surface area (TPSA) is 6.48 Å². The molecule has 0 fully saturated rings. The number of hydrogen-bond acceptors (Lipinski definition) is 2. The first-order chi connectivity index (χ1) is 10.1. The molecule has 2 aromatic rings. The van der Waals surface area contributed by atoms with E-state index in [1.54, 1.807) is 0 Å². The summed E-state index contributed by atoms with van der Waals surface area (Å²) in [5, 5.41) is 0. The van der Waals surface area contributed by atoms with E-state index in [9.17, 15) is 0 Å². The minimum Gasteiger partial charge on any atom is -0.378 e. The molecule has 0 unspecified atom stereocenters. The number of anilines is 2. The van der Waals surface area contributed by atoms with Gasteiger partial charge in [-0.1, -0.05) is 56.1 Å². The fourth-order valence-corrected chi connectivity index (χ4v) is 3.55. The second-order valence-electron chi connectivity index (χ2n) is 5.18. The molecule has 0 N–H and O–H groups in total. The third-order valence-corrected chi connectivity index (χ3v) is 4.66. The van der Waals surface area contributed by atoms with Crippen molar-refractivity contribution in [2.75, 3.05) is 34.8 Å². The molecule has 0 bridgehead atoms. The lowest BCUT2D eigenvalue weighted by Crippen LogP contribution is -2.18. The van der Waals surface area contributed by atoms with Crippen LogP contribution in [0, 0.1) is 0 Å². The third kappa shape index (κ3) is 4.48. The first kappa shape index (κ1) is 16.4. The highest BCUT2D eigenvalue weighted by Crippen LogP contribution is 2.20. The van der Waals surface area contributed by atoms with Crippen molar-refractivity contribution in [1.82, 2.24) is 0 Å². The molecule has 0 spiro atoms. The maximum absolute atomic E-state index is 3.50. The molecule has 0 aliphatic heterocycles. The van der Waals surface area contributed by atoms with E-state index in [4.69, 9.17) is 0 Å². The van der Waals surface area contributed by atoms with Crippen molar-refractivity contribution in [3.8, 4) is 0 Å². The van der Waals surface area contributed by atoms with E-state index >= 15 is 0 Å². The second kappa shape index (κ2) is 7.85. The van der Waals surface area contributed by atoms with Crippen molar-refractivity contribution in [2.24, 2.45) is 0 Å². The maximum Gasteiger partial charge on any atom is 0.0744 e. The van der Waals surface area contributed by atoms with E-state index in [0.29, 0.717) is 0 Å². The molecular formula is C17H20Br2N2. The van der Waals surface area contributed by atoms with Crippen LogP contribution in [0.25, 0.3) is 0 Å². The summed E-state index contributed by atoms with van der Waals surface area (Å²) in [6, 6.07) is 17.5. The van der Waals surface area contributed by atoms with Crippen LogP contribution in [0.1, 0.15) is 11.1 Å². The quantitative estimate of drug-likeness (QED) is 0.494. The highest BCUT2D eigenvalue weighted by molar-refractivity contribution is 9.09. The molecule has 0 aliphatic carbocycles. The summed E-state index contributed by atoms with van der Waals surface area (Å²) in [6.45, 7) is 0. The Balaban J connectivity index is 2.06. The molecule has 0 saturated heterocycles. The van der Waals surface area contributed by atoms with Crippen LogP contribution < -0.4 is 9.80 Å². The number of rotatable bonds is 6. The zero-order valence-corrected chi connectivity index (χ0v) is 15.6. The molecule has 0 radical (unpaired) electrons. The molecule has 0 aliphatic rings. The molecule has 0 aromatic heterocycles. The van der Waals surface area contributed by atoms with Crippen molar-refractivity contribution in [3.05, 3.63) is 59.7 Å². The van der Waals surface area contributed by atoms with Crippen LogP contribution in [0.15, 0.2) is 48.5 Å². The lowest BCUT2D eigenvalue weighted by Gasteiger charge is -2.19. The van der Waals surface area contributed by atoms with Crippen molar-refractivity contribution in [3.63, 3.8) is 0 Å². The van der Waals surface area contributed by atoms with Gasteiger partial charge in [-0.3, -0.25) is 0 Å². The van der Waals surface area contributed by atoms with Gasteiger partial charge in [-0.15, -0.1) is 0 Å². The average Bonchev–Trinajstić information content (AvgIpc) is 2.51. The largest absolute Gasteiger partial charge is 0.378 e. The van der Waals surface area contributed by atoms with Gasteiger partial charge in [-0.05, 0) is 41.8 Å². The van der Waals surface area contributed by atoms with Gasteiger partial charge in [0.1, 0.15) is 0 Å². The van der Waals surface area contributed by atoms with Gasteiger partial charge in [-0.25, -0.2) is 0 Å². The Labute approximate surface area is 144 Å². The minimum absolute atomic E-state index is 0.823. The average molecular weight is 412 g/mol. The Morgan fingerprint density at radius 3 is 1.52 bits per heavy atom. The summed E-state index contributed by atoms with van der Waals surface area (Å²) < 4.78 is 0. The lowest BCUT2D eigenvalue weighted by atomic mass is 10.0. The fourth-order valence-electron chi connectivity index (χ4n) is 2.14. The smallest absolute Gasteiger partial charge is 0.0744 e. The van der Waals surface area contributed by atoms with Gasteiger partial charge >= 0.3 is 0 Å². The standard InChI is InChI=1S/C17H20Br2N2/c1-20(2)16-7-3-14(4-8-16)11-15-5-9-17(10-6-15)21(12-18)13-19/h3-10H,11-13H2,1-2H3. The van der Waals surface area contributed by atoms with Gasteiger partial charge in [0, 0.05) is 25.5 Å². The third-order valence-electron chi connectivity index (χ3n) is 3.45. The van der Waals surface area contributed by atoms with E-state index < -0.39 is 0 Å². The predicted molar refractivity (Wildman–Crippen MR) is 100 cm³/mol. The van der Waals surface area contributed by atoms with Gasteiger partial charge in [0.15, 0.2) is 0 Å². The van der Waals surface area contributed by atoms with Crippen molar-refractivity contribution >= 4 is 43.2 Å². The van der Waals surface area contributed by atoms with Crippen molar-refractivity contribution in [2.45, 2.75) is 6.42 Å². The number of benzene rings is 2. The molecule has 0 saturated carbocycles. The van der Waals surface area contributed by atoms with E-state index in [1.807, 2.05) is 0 Å². The van der Waals surface area contributed by atoms with E-state index in [1.165, 1.54) is 22.5 Å². The second-order valence-corrected chi connectivity index (χ2v) is 6.19. The van der Waals surface area contributed by atoms with Crippen LogP contribution in [-0.2, 0) is 6.42 Å². The number of nitrogens with zero attached hydrogens (tertiary/aromatic N) is 2. The van der Waals surface area contributed by atoms with Crippen molar-refractivity contribution < 1.29 is 0 Å². The molecule has 0 atom stereocenters. The minimum atomic E-state index is 0.823. The number of halogens is 2. The number of alkyl halides is 2. The molecule has 21 heavy (non-hydrogen) atoms. The molecular weight excluding hydrogens is 392 g/mol. The van der Waals surface area contributed by atoms with Crippen LogP contribution in [0.5, 0.6) is 0 Å². The monoisotopic (exact) mass is 410 g/mol. The first-order valence-corrected chi connectivity index (χ1v) is 9.10. The Kier molecular flexibility index (Phi) is 6.12. The summed E-state index contributed by atoms with van der Waals surface area (Å²) in [5.74, 6) is 0. The molecule has 112 valence electrons. The fraction of sp³-hybridized carbons (Fsp3) is 0.294. The van der Waals surface area contributed by atoms with Gasteiger partial charge in [0.25, 0.3) is 0 Å². The summed E-state index contributed by atoms with van der Waals surface area (Å²) in [6.07, 6.45) is 0.969. The SMILES string of the molecule is CN(C)c1ccc(Cc2ccc(N(CBr)CBr)cc2)cc1. The summed E-state index contributed by atoms with van der Waals surface area (Å²) >= 11 is 6.99. The Morgan fingerprint density at radius 1 is 0.714 bits per heavy atom. The first-order valence-electron chi connectivity index (χ1n) is 6.86. The predicted octanol–water partition coefficient (Wildman–Crippen LogP) is 4.85. The molecule has 0 heterocycles. The van der Waals surface area contributed by atoms with Gasteiger partial charge in [-0.2, -0.15) is 0 Å². The zero-order chi connectivity index (χ0) is 15.2. The van der Waals surface area contributed by atoms with Crippen LogP contribution in [0.3, 0.4) is 0 Å². The number of hydrogen-bond donors (Lipinski definition) is 0. The Hall–Kier alpha value is -1.00. The van der Waals surface area contributed by atoms with E-state index in [-0.39, 0.29) is 0 Å². The Morgan fingerprint density at radius 2 is 1.14 bits per heavy atom. The van der Waals surface area contributed by atoms with Gasteiger partial charge in [0.2, 0.25) is 0 Å². The summed E-state index contributed by atoms with van der Waals surface area (Å²) in [5.41, 5.74) is 6.77. The summed E-state index contributed by atoms with van der Waals surface area (Å²) in [4.78, 5) is 4.32. The van der Waals surface area contributed by atoms with Crippen molar-refractivity contribution in [1.29, 1.82) is 0 Å². The molecule has 0 amide bonds.